The second kappa shape index (κ2) is 8.78. The molecule has 1 aromatic heterocycles. The Balaban J connectivity index is 2.02. The number of hydrogen-bond acceptors (Lipinski definition) is 7. The van der Waals surface area contributed by atoms with Crippen LogP contribution in [0.4, 0.5) is 10.1 Å². The van der Waals surface area contributed by atoms with Gasteiger partial charge in [-0.15, -0.1) is 0 Å². The first-order valence-electron chi connectivity index (χ1n) is 5.65. The SMILES string of the molecule is COCCOCCCCNc1ncc([N+](=O)[O-])s1. The number of unbranched alkanes of at least 4 members (excludes halogenated alkanes) is 1. The number of aromatic nitrogens is 1. The molecule has 0 aliphatic rings. The summed E-state index contributed by atoms with van der Waals surface area (Å²) in [6.07, 6.45) is 3.13. The van der Waals surface area contributed by atoms with Gasteiger partial charge >= 0.3 is 5.00 Å². The molecule has 0 spiro atoms. The summed E-state index contributed by atoms with van der Waals surface area (Å²) < 4.78 is 10.2. The van der Waals surface area contributed by atoms with Gasteiger partial charge in [0.25, 0.3) is 0 Å². The van der Waals surface area contributed by atoms with E-state index in [0.29, 0.717) is 25.0 Å². The highest BCUT2D eigenvalue weighted by atomic mass is 32.1. The molecule has 0 unspecified atom stereocenters. The van der Waals surface area contributed by atoms with Crippen LogP contribution in [-0.2, 0) is 9.47 Å². The third kappa shape index (κ3) is 5.89. The molecule has 0 aliphatic carbocycles. The number of rotatable bonds is 10. The lowest BCUT2D eigenvalue weighted by molar-refractivity contribution is -0.380. The largest absolute Gasteiger partial charge is 0.382 e. The molecule has 0 atom stereocenters. The van der Waals surface area contributed by atoms with Crippen molar-refractivity contribution in [3.63, 3.8) is 0 Å². The molecule has 18 heavy (non-hydrogen) atoms. The van der Waals surface area contributed by atoms with Crippen LogP contribution in [-0.4, -0.2) is 43.4 Å². The molecule has 0 saturated heterocycles. The monoisotopic (exact) mass is 275 g/mol. The van der Waals surface area contributed by atoms with Crippen LogP contribution in [0.5, 0.6) is 0 Å². The van der Waals surface area contributed by atoms with E-state index in [1.165, 1.54) is 6.20 Å². The summed E-state index contributed by atoms with van der Waals surface area (Å²) in [7, 11) is 1.64. The Hall–Kier alpha value is -1.25. The fraction of sp³-hybridized carbons (Fsp3) is 0.700. The van der Waals surface area contributed by atoms with Crippen LogP contribution >= 0.6 is 11.3 Å². The second-order valence-corrected chi connectivity index (χ2v) is 4.51. The van der Waals surface area contributed by atoms with Gasteiger partial charge in [0.15, 0.2) is 5.13 Å². The molecule has 7 nitrogen and oxygen atoms in total. The summed E-state index contributed by atoms with van der Waals surface area (Å²) >= 11 is 1.05. The third-order valence-electron chi connectivity index (χ3n) is 2.10. The Morgan fingerprint density at radius 3 is 2.94 bits per heavy atom. The predicted molar refractivity (Wildman–Crippen MR) is 69.2 cm³/mol. The summed E-state index contributed by atoms with van der Waals surface area (Å²) in [6, 6.07) is 0. The summed E-state index contributed by atoms with van der Waals surface area (Å²) in [5.74, 6) is 0. The maximum absolute atomic E-state index is 10.4. The summed E-state index contributed by atoms with van der Waals surface area (Å²) in [5.41, 5.74) is 0. The Morgan fingerprint density at radius 1 is 1.44 bits per heavy atom. The maximum Gasteiger partial charge on any atom is 0.345 e. The minimum absolute atomic E-state index is 0.0559. The fourth-order valence-electron chi connectivity index (χ4n) is 1.20. The topological polar surface area (TPSA) is 86.5 Å². The zero-order chi connectivity index (χ0) is 13.2. The van der Waals surface area contributed by atoms with Crippen molar-refractivity contribution in [2.24, 2.45) is 0 Å². The van der Waals surface area contributed by atoms with Crippen molar-refractivity contribution in [1.29, 1.82) is 0 Å². The van der Waals surface area contributed by atoms with Gasteiger partial charge in [-0.05, 0) is 24.2 Å². The Morgan fingerprint density at radius 2 is 2.28 bits per heavy atom. The highest BCUT2D eigenvalue weighted by Crippen LogP contribution is 2.24. The average molecular weight is 275 g/mol. The molecule has 0 radical (unpaired) electrons. The van der Waals surface area contributed by atoms with Crippen molar-refractivity contribution in [3.05, 3.63) is 16.3 Å². The minimum atomic E-state index is -0.438. The normalized spacial score (nSPS) is 10.5. The molecular weight excluding hydrogens is 258 g/mol. The molecule has 0 aliphatic heterocycles. The van der Waals surface area contributed by atoms with Crippen LogP contribution in [0.1, 0.15) is 12.8 Å². The zero-order valence-corrected chi connectivity index (χ0v) is 11.1. The van der Waals surface area contributed by atoms with E-state index >= 15 is 0 Å². The Labute approximate surface area is 109 Å². The molecule has 0 bridgehead atoms. The van der Waals surface area contributed by atoms with E-state index in [-0.39, 0.29) is 5.00 Å². The lowest BCUT2D eigenvalue weighted by atomic mass is 10.3. The fourth-order valence-corrected chi connectivity index (χ4v) is 1.86. The van der Waals surface area contributed by atoms with Crippen molar-refractivity contribution in [3.8, 4) is 0 Å². The van der Waals surface area contributed by atoms with E-state index in [0.717, 1.165) is 30.7 Å². The smallest absolute Gasteiger partial charge is 0.345 e. The predicted octanol–water partition coefficient (Wildman–Crippen LogP) is 1.91. The molecule has 0 amide bonds. The van der Waals surface area contributed by atoms with Crippen molar-refractivity contribution in [1.82, 2.24) is 4.98 Å². The van der Waals surface area contributed by atoms with Crippen molar-refractivity contribution < 1.29 is 14.4 Å². The van der Waals surface area contributed by atoms with Gasteiger partial charge in [0.05, 0.1) is 18.1 Å². The van der Waals surface area contributed by atoms with Crippen LogP contribution in [0.15, 0.2) is 6.20 Å². The molecular formula is C10H17N3O4S. The van der Waals surface area contributed by atoms with E-state index < -0.39 is 4.92 Å². The van der Waals surface area contributed by atoms with Gasteiger partial charge in [-0.25, -0.2) is 4.98 Å². The summed E-state index contributed by atoms with van der Waals surface area (Å²) in [5, 5.41) is 14.1. The second-order valence-electron chi connectivity index (χ2n) is 3.50. The molecule has 102 valence electrons. The van der Waals surface area contributed by atoms with Crippen LogP contribution in [0.25, 0.3) is 0 Å². The Bertz CT molecular complexity index is 359. The molecule has 0 saturated carbocycles. The van der Waals surface area contributed by atoms with E-state index in [1.807, 2.05) is 0 Å². The number of nitrogens with zero attached hydrogens (tertiary/aromatic N) is 2. The van der Waals surface area contributed by atoms with Gasteiger partial charge in [-0.2, -0.15) is 0 Å². The number of thiazole rings is 1. The highest BCUT2D eigenvalue weighted by molar-refractivity contribution is 7.18. The molecule has 1 aromatic rings. The zero-order valence-electron chi connectivity index (χ0n) is 10.3. The van der Waals surface area contributed by atoms with Gasteiger partial charge < -0.3 is 14.8 Å². The molecule has 1 N–H and O–H groups in total. The third-order valence-corrected chi connectivity index (χ3v) is 3.00. The number of nitrogens with one attached hydrogen (secondary N) is 1. The maximum atomic E-state index is 10.4. The van der Waals surface area contributed by atoms with E-state index in [9.17, 15) is 10.1 Å². The molecule has 0 aromatic carbocycles. The van der Waals surface area contributed by atoms with Crippen molar-refractivity contribution in [2.75, 3.05) is 38.8 Å². The van der Waals surface area contributed by atoms with E-state index in [2.05, 4.69) is 10.3 Å². The average Bonchev–Trinajstić information content (AvgIpc) is 2.81. The Kier molecular flexibility index (Phi) is 7.23. The minimum Gasteiger partial charge on any atom is -0.382 e. The lowest BCUT2D eigenvalue weighted by Crippen LogP contribution is -2.06. The molecule has 1 rings (SSSR count). The van der Waals surface area contributed by atoms with Gasteiger partial charge in [-0.1, -0.05) is 0 Å². The van der Waals surface area contributed by atoms with Crippen LogP contribution in [0, 0.1) is 10.1 Å². The first-order chi connectivity index (χ1) is 8.74. The standard InChI is InChI=1S/C10H17N3O4S/c1-16-6-7-17-5-3-2-4-11-10-12-8-9(18-10)13(14)15/h8H,2-7H2,1H3,(H,11,12). The van der Waals surface area contributed by atoms with Crippen LogP contribution < -0.4 is 5.32 Å². The van der Waals surface area contributed by atoms with Crippen LogP contribution in [0.2, 0.25) is 0 Å². The van der Waals surface area contributed by atoms with E-state index in [1.54, 1.807) is 7.11 Å². The van der Waals surface area contributed by atoms with Crippen LogP contribution in [0.3, 0.4) is 0 Å². The molecule has 0 fully saturated rings. The molecule has 8 heteroatoms. The number of methoxy groups -OCH3 is 1. The lowest BCUT2D eigenvalue weighted by Gasteiger charge is -2.04. The number of anilines is 1. The number of hydrogen-bond donors (Lipinski definition) is 1. The first-order valence-corrected chi connectivity index (χ1v) is 6.46. The summed E-state index contributed by atoms with van der Waals surface area (Å²) in [4.78, 5) is 13.9. The van der Waals surface area contributed by atoms with Gasteiger partial charge in [0.2, 0.25) is 0 Å². The highest BCUT2D eigenvalue weighted by Gasteiger charge is 2.10. The van der Waals surface area contributed by atoms with Gasteiger partial charge in [0, 0.05) is 20.3 Å². The molecule has 1 heterocycles. The van der Waals surface area contributed by atoms with Crippen molar-refractivity contribution >= 4 is 21.5 Å². The summed E-state index contributed by atoms with van der Waals surface area (Å²) in [6.45, 7) is 2.66. The quantitative estimate of drug-likeness (QED) is 0.399. The van der Waals surface area contributed by atoms with Gasteiger partial charge in [0.1, 0.15) is 6.20 Å². The number of nitro groups is 1. The van der Waals surface area contributed by atoms with Crippen molar-refractivity contribution in [2.45, 2.75) is 12.8 Å². The van der Waals surface area contributed by atoms with Gasteiger partial charge in [-0.3, -0.25) is 10.1 Å². The number of ether oxygens (including phenoxy) is 2. The first kappa shape index (κ1) is 14.8. The van der Waals surface area contributed by atoms with E-state index in [4.69, 9.17) is 9.47 Å².